The van der Waals surface area contributed by atoms with Crippen molar-refractivity contribution in [2.45, 2.75) is 0 Å². The third kappa shape index (κ3) is 3.66. The minimum absolute atomic E-state index is 0.964. The van der Waals surface area contributed by atoms with Gasteiger partial charge < -0.3 is 15.1 Å². The molecule has 2 heterocycles. The second-order valence-corrected chi connectivity index (χ2v) is 9.36. The topological polar surface area (TPSA) is 44.3 Å². The lowest BCUT2D eigenvalue weighted by atomic mass is 10.0. The number of anilines is 4. The van der Waals surface area contributed by atoms with Crippen LogP contribution in [0.15, 0.2) is 84.9 Å². The lowest BCUT2D eigenvalue weighted by Gasteiger charge is -2.19. The number of nitrogens with one attached hydrogen (secondary N) is 1. The lowest BCUT2D eigenvalue weighted by Crippen LogP contribution is -2.09. The Morgan fingerprint density at radius 3 is 1.80 bits per heavy atom. The summed E-state index contributed by atoms with van der Waals surface area (Å²) in [6.07, 6.45) is 0. The van der Waals surface area contributed by atoms with E-state index in [9.17, 15) is 0 Å². The smallest absolute Gasteiger partial charge is 0.0751 e. The molecule has 2 aromatic heterocycles. The van der Waals surface area contributed by atoms with Crippen molar-refractivity contribution in [1.82, 2.24) is 9.97 Å². The molecule has 6 rings (SSSR count). The monoisotopic (exact) mass is 457 g/mol. The summed E-state index contributed by atoms with van der Waals surface area (Å²) >= 11 is 0. The highest BCUT2D eigenvalue weighted by molar-refractivity contribution is 6.12. The molecule has 0 bridgehead atoms. The van der Waals surface area contributed by atoms with Crippen molar-refractivity contribution in [3.05, 3.63) is 84.9 Å². The average molecular weight is 458 g/mol. The molecule has 0 atom stereocenters. The first-order chi connectivity index (χ1) is 17.0. The van der Waals surface area contributed by atoms with E-state index in [4.69, 9.17) is 9.97 Å². The van der Waals surface area contributed by atoms with Gasteiger partial charge in [0.1, 0.15) is 0 Å². The number of hydrogen-bond donors (Lipinski definition) is 1. The molecule has 5 nitrogen and oxygen atoms in total. The Hall–Kier alpha value is -4.38. The van der Waals surface area contributed by atoms with E-state index in [0.29, 0.717) is 0 Å². The zero-order valence-electron chi connectivity index (χ0n) is 20.4. The first-order valence-corrected chi connectivity index (χ1v) is 11.8. The second kappa shape index (κ2) is 8.13. The number of benzene rings is 4. The largest absolute Gasteiger partial charge is 0.378 e. The van der Waals surface area contributed by atoms with Gasteiger partial charge in [-0.05, 0) is 60.7 Å². The molecule has 0 aliphatic carbocycles. The average Bonchev–Trinajstić information content (AvgIpc) is 2.86. The van der Waals surface area contributed by atoms with Crippen LogP contribution in [0.3, 0.4) is 0 Å². The molecule has 0 aliphatic rings. The lowest BCUT2D eigenvalue weighted by molar-refractivity contribution is 1.13. The minimum atomic E-state index is 0.964. The van der Waals surface area contributed by atoms with E-state index in [1.807, 2.05) is 6.07 Å². The summed E-state index contributed by atoms with van der Waals surface area (Å²) in [6.45, 7) is 0. The van der Waals surface area contributed by atoms with Gasteiger partial charge in [0.25, 0.3) is 0 Å². The summed E-state index contributed by atoms with van der Waals surface area (Å²) < 4.78 is 0. The molecule has 0 aliphatic heterocycles. The molecule has 1 N–H and O–H groups in total. The van der Waals surface area contributed by atoms with E-state index < -0.39 is 0 Å². The fourth-order valence-corrected chi connectivity index (χ4v) is 4.66. The van der Waals surface area contributed by atoms with Crippen molar-refractivity contribution in [3.63, 3.8) is 0 Å². The van der Waals surface area contributed by atoms with Crippen LogP contribution in [-0.4, -0.2) is 38.2 Å². The Morgan fingerprint density at radius 1 is 0.543 bits per heavy atom. The Balaban J connectivity index is 1.61. The van der Waals surface area contributed by atoms with Crippen LogP contribution in [0.2, 0.25) is 0 Å². The van der Waals surface area contributed by atoms with Gasteiger partial charge in [0, 0.05) is 66.8 Å². The first-order valence-electron chi connectivity index (χ1n) is 11.8. The van der Waals surface area contributed by atoms with Crippen molar-refractivity contribution in [3.8, 4) is 0 Å². The van der Waals surface area contributed by atoms with E-state index in [0.717, 1.165) is 66.4 Å². The summed E-state index contributed by atoms with van der Waals surface area (Å²) in [7, 11) is 8.22. The Labute approximate surface area is 204 Å². The minimum Gasteiger partial charge on any atom is -0.378 e. The van der Waals surface area contributed by atoms with Crippen molar-refractivity contribution in [2.24, 2.45) is 0 Å². The van der Waals surface area contributed by atoms with Crippen LogP contribution in [0, 0.1) is 0 Å². The molecule has 0 fully saturated rings. The maximum atomic E-state index is 5.06. The number of rotatable bonds is 4. The van der Waals surface area contributed by atoms with Crippen molar-refractivity contribution in [1.29, 1.82) is 0 Å². The maximum Gasteiger partial charge on any atom is 0.0751 e. The number of pyridine rings is 2. The predicted octanol–water partition coefficient (Wildman–Crippen LogP) is 6.97. The van der Waals surface area contributed by atoms with Crippen LogP contribution in [0.5, 0.6) is 0 Å². The van der Waals surface area contributed by atoms with Crippen molar-refractivity contribution < 1.29 is 0 Å². The fourth-order valence-electron chi connectivity index (χ4n) is 4.66. The third-order valence-corrected chi connectivity index (χ3v) is 6.60. The van der Waals surface area contributed by atoms with Crippen LogP contribution in [0.1, 0.15) is 0 Å². The SMILES string of the molecule is CN(C)c1ccc2c(Nc3cccc4nc5ccccc5cc34)c3ccc(N(C)C)cc3nc2c1. The molecule has 172 valence electrons. The molecule has 0 radical (unpaired) electrons. The number of aromatic nitrogens is 2. The van der Waals surface area contributed by atoms with Gasteiger partial charge >= 0.3 is 0 Å². The van der Waals surface area contributed by atoms with Gasteiger partial charge in [0.05, 0.1) is 27.8 Å². The first kappa shape index (κ1) is 21.2. The molecule has 35 heavy (non-hydrogen) atoms. The van der Waals surface area contributed by atoms with Gasteiger partial charge in [-0.15, -0.1) is 0 Å². The Morgan fingerprint density at radius 2 is 1.14 bits per heavy atom. The molecule has 4 aromatic carbocycles. The molecule has 0 amide bonds. The number of fused-ring (bicyclic) bond motifs is 4. The molecule has 5 heteroatoms. The summed E-state index contributed by atoms with van der Waals surface area (Å²) in [5.41, 5.74) is 8.24. The second-order valence-electron chi connectivity index (χ2n) is 9.36. The normalized spacial score (nSPS) is 11.4. The van der Waals surface area contributed by atoms with Crippen LogP contribution >= 0.6 is 0 Å². The predicted molar refractivity (Wildman–Crippen MR) is 150 cm³/mol. The van der Waals surface area contributed by atoms with Gasteiger partial charge in [-0.1, -0.05) is 24.3 Å². The number of hydrogen-bond acceptors (Lipinski definition) is 5. The van der Waals surface area contributed by atoms with Crippen LogP contribution in [-0.2, 0) is 0 Å². The summed E-state index contributed by atoms with van der Waals surface area (Å²) in [6, 6.07) is 29.7. The molecule has 0 saturated carbocycles. The van der Waals surface area contributed by atoms with E-state index in [2.05, 4.69) is 122 Å². The van der Waals surface area contributed by atoms with Gasteiger partial charge in [0.2, 0.25) is 0 Å². The third-order valence-electron chi connectivity index (χ3n) is 6.60. The van der Waals surface area contributed by atoms with Crippen molar-refractivity contribution in [2.75, 3.05) is 43.3 Å². The van der Waals surface area contributed by atoms with Gasteiger partial charge in [-0.3, -0.25) is 0 Å². The summed E-state index contributed by atoms with van der Waals surface area (Å²) in [5, 5.41) is 8.19. The zero-order valence-corrected chi connectivity index (χ0v) is 20.4. The highest BCUT2D eigenvalue weighted by atomic mass is 15.1. The highest BCUT2D eigenvalue weighted by Gasteiger charge is 2.14. The standard InChI is InChI=1S/C30H27N5/c1-34(2)20-12-14-22-28(17-20)32-29-18-21(35(3)4)13-15-23(29)30(22)33-27-11-7-10-26-24(27)16-19-8-5-6-9-25(19)31-26/h5-18H,1-4H3,(H,32,33). The van der Waals surface area contributed by atoms with E-state index in [-0.39, 0.29) is 0 Å². The maximum absolute atomic E-state index is 5.06. The van der Waals surface area contributed by atoms with E-state index in [1.54, 1.807) is 0 Å². The van der Waals surface area contributed by atoms with E-state index in [1.165, 1.54) is 0 Å². The summed E-state index contributed by atoms with van der Waals surface area (Å²) in [4.78, 5) is 14.2. The number of para-hydroxylation sites is 1. The van der Waals surface area contributed by atoms with Crippen molar-refractivity contribution >= 4 is 66.4 Å². The van der Waals surface area contributed by atoms with Gasteiger partial charge in [-0.2, -0.15) is 0 Å². The quantitative estimate of drug-likeness (QED) is 0.290. The summed E-state index contributed by atoms with van der Waals surface area (Å²) in [5.74, 6) is 0. The molecular weight excluding hydrogens is 430 g/mol. The Bertz CT molecular complexity index is 1670. The van der Waals surface area contributed by atoms with Crippen LogP contribution in [0.25, 0.3) is 43.6 Å². The van der Waals surface area contributed by atoms with Crippen LogP contribution in [0.4, 0.5) is 22.7 Å². The van der Waals surface area contributed by atoms with E-state index >= 15 is 0 Å². The Kier molecular flexibility index (Phi) is 4.92. The van der Waals surface area contributed by atoms with Gasteiger partial charge in [-0.25, -0.2) is 9.97 Å². The van der Waals surface area contributed by atoms with Crippen LogP contribution < -0.4 is 15.1 Å². The molecule has 0 saturated heterocycles. The molecule has 0 unspecified atom stereocenters. The molecule has 6 aromatic rings. The van der Waals surface area contributed by atoms with Gasteiger partial charge in [0.15, 0.2) is 0 Å². The zero-order chi connectivity index (χ0) is 24.1. The fraction of sp³-hybridized carbons (Fsp3) is 0.133. The highest BCUT2D eigenvalue weighted by Crippen LogP contribution is 2.37. The number of nitrogens with zero attached hydrogens (tertiary/aromatic N) is 4. The molecular formula is C30H27N5. The molecule has 0 spiro atoms.